The maximum atomic E-state index is 13.4. The van der Waals surface area contributed by atoms with Gasteiger partial charge in [-0.1, -0.05) is 29.2 Å². The van der Waals surface area contributed by atoms with Crippen molar-refractivity contribution in [3.05, 3.63) is 35.4 Å². The zero-order chi connectivity index (χ0) is 15.4. The minimum atomic E-state index is -1.25. The lowest BCUT2D eigenvalue weighted by molar-refractivity contribution is -0.133. The highest BCUT2D eigenvalue weighted by Gasteiger charge is 2.17. The number of aromatic nitrogens is 2. The van der Waals surface area contributed by atoms with Crippen LogP contribution in [-0.4, -0.2) is 32.9 Å². The minimum absolute atomic E-state index is 0.0663. The van der Waals surface area contributed by atoms with Gasteiger partial charge in [0.1, 0.15) is 0 Å². The van der Waals surface area contributed by atoms with E-state index in [0.717, 1.165) is 35.2 Å². The number of hydrogen-bond donors (Lipinski definition) is 2. The summed E-state index contributed by atoms with van der Waals surface area (Å²) in [6.07, 6.45) is 0. The van der Waals surface area contributed by atoms with Gasteiger partial charge in [0.15, 0.2) is 16.0 Å². The van der Waals surface area contributed by atoms with Gasteiger partial charge in [-0.3, -0.25) is 14.9 Å². The number of halogens is 2. The summed E-state index contributed by atoms with van der Waals surface area (Å²) in [6, 6.07) is 3.24. The first kappa shape index (κ1) is 15.3. The van der Waals surface area contributed by atoms with E-state index in [1.54, 1.807) is 0 Å². The van der Waals surface area contributed by atoms with Gasteiger partial charge in [0.2, 0.25) is 5.13 Å². The van der Waals surface area contributed by atoms with Crippen molar-refractivity contribution < 1.29 is 23.5 Å². The number of carbonyl (C=O) groups excluding carboxylic acids is 1. The second-order valence-electron chi connectivity index (χ2n) is 3.61. The van der Waals surface area contributed by atoms with Gasteiger partial charge < -0.3 is 5.11 Å². The van der Waals surface area contributed by atoms with Crippen LogP contribution in [0, 0.1) is 11.6 Å². The Kier molecular flexibility index (Phi) is 4.81. The molecule has 10 heteroatoms. The molecule has 0 fully saturated rings. The van der Waals surface area contributed by atoms with Crippen LogP contribution in [0.4, 0.5) is 13.9 Å². The van der Waals surface area contributed by atoms with Gasteiger partial charge >= 0.3 is 5.97 Å². The third-order valence-electron chi connectivity index (χ3n) is 2.14. The number of hydrogen-bond acceptors (Lipinski definition) is 6. The highest BCUT2D eigenvalue weighted by atomic mass is 32.2. The number of carboxylic acids is 1. The second-order valence-corrected chi connectivity index (χ2v) is 5.81. The van der Waals surface area contributed by atoms with Crippen molar-refractivity contribution in [2.45, 2.75) is 4.34 Å². The van der Waals surface area contributed by atoms with Gasteiger partial charge in [-0.15, -0.1) is 10.2 Å². The fourth-order valence-electron chi connectivity index (χ4n) is 1.29. The lowest BCUT2D eigenvalue weighted by Gasteiger charge is -2.02. The molecule has 0 aliphatic heterocycles. The molecule has 2 N–H and O–H groups in total. The monoisotopic (exact) mass is 331 g/mol. The van der Waals surface area contributed by atoms with Gasteiger partial charge in [-0.25, -0.2) is 8.78 Å². The molecule has 0 saturated heterocycles. The van der Waals surface area contributed by atoms with Crippen LogP contribution in [0.5, 0.6) is 0 Å². The summed E-state index contributed by atoms with van der Waals surface area (Å²) in [6.45, 7) is 0. The Morgan fingerprint density at radius 1 is 1.33 bits per heavy atom. The van der Waals surface area contributed by atoms with Gasteiger partial charge in [0, 0.05) is 0 Å². The van der Waals surface area contributed by atoms with Gasteiger partial charge in [0.05, 0.1) is 11.3 Å². The summed E-state index contributed by atoms with van der Waals surface area (Å²) in [5, 5.41) is 18.1. The predicted molar refractivity (Wildman–Crippen MR) is 72.6 cm³/mol. The Labute approximate surface area is 125 Å². The quantitative estimate of drug-likeness (QED) is 0.645. The fourth-order valence-corrected chi connectivity index (χ4v) is 2.75. The number of anilines is 1. The van der Waals surface area contributed by atoms with E-state index in [1.165, 1.54) is 6.07 Å². The Balaban J connectivity index is 2.06. The minimum Gasteiger partial charge on any atom is -0.481 e. The van der Waals surface area contributed by atoms with E-state index in [4.69, 9.17) is 5.11 Å². The number of nitrogens with zero attached hydrogens (tertiary/aromatic N) is 2. The molecule has 6 nitrogen and oxygen atoms in total. The Morgan fingerprint density at radius 3 is 2.81 bits per heavy atom. The first-order valence-electron chi connectivity index (χ1n) is 5.41. The fraction of sp³-hybridized carbons (Fsp3) is 0.0909. The molecule has 0 aliphatic carbocycles. The van der Waals surface area contributed by atoms with Crippen molar-refractivity contribution in [1.82, 2.24) is 10.2 Å². The van der Waals surface area contributed by atoms with E-state index in [-0.39, 0.29) is 10.9 Å². The first-order valence-corrected chi connectivity index (χ1v) is 7.21. The molecule has 0 radical (unpaired) electrons. The van der Waals surface area contributed by atoms with Crippen LogP contribution >= 0.6 is 23.1 Å². The Hall–Kier alpha value is -2.07. The van der Waals surface area contributed by atoms with Crippen LogP contribution in [0.15, 0.2) is 22.5 Å². The summed E-state index contributed by atoms with van der Waals surface area (Å²) >= 11 is 1.88. The van der Waals surface area contributed by atoms with E-state index in [1.807, 2.05) is 0 Å². The largest absolute Gasteiger partial charge is 0.481 e. The van der Waals surface area contributed by atoms with Crippen molar-refractivity contribution in [1.29, 1.82) is 0 Å². The summed E-state index contributed by atoms with van der Waals surface area (Å²) in [5.41, 5.74) is -0.454. The number of aliphatic carboxylic acids is 1. The third kappa shape index (κ3) is 3.95. The molecular formula is C11H7F2N3O3S2. The molecule has 0 spiro atoms. The number of carbonyl (C=O) groups is 2. The van der Waals surface area contributed by atoms with Crippen molar-refractivity contribution in [3.8, 4) is 0 Å². The Morgan fingerprint density at radius 2 is 2.10 bits per heavy atom. The molecular weight excluding hydrogens is 324 g/mol. The van der Waals surface area contributed by atoms with Gasteiger partial charge in [-0.2, -0.15) is 0 Å². The van der Waals surface area contributed by atoms with E-state index in [2.05, 4.69) is 15.5 Å². The van der Waals surface area contributed by atoms with E-state index >= 15 is 0 Å². The summed E-state index contributed by atoms with van der Waals surface area (Å²) in [7, 11) is 0. The van der Waals surface area contributed by atoms with E-state index in [9.17, 15) is 18.4 Å². The van der Waals surface area contributed by atoms with Gasteiger partial charge in [0.25, 0.3) is 5.91 Å². The maximum Gasteiger partial charge on any atom is 0.313 e. The normalized spacial score (nSPS) is 10.4. The SMILES string of the molecule is O=C(O)CSc1nnc(NC(=O)c2cccc(F)c2F)s1. The lowest BCUT2D eigenvalue weighted by atomic mass is 10.2. The smallest absolute Gasteiger partial charge is 0.313 e. The first-order chi connectivity index (χ1) is 9.97. The summed E-state index contributed by atoms with van der Waals surface area (Å²) < 4.78 is 26.8. The molecule has 0 atom stereocenters. The van der Waals surface area contributed by atoms with Crippen molar-refractivity contribution in [2.24, 2.45) is 0 Å². The molecule has 21 heavy (non-hydrogen) atoms. The molecule has 0 unspecified atom stereocenters. The molecule has 1 aromatic carbocycles. The Bertz CT molecular complexity index is 693. The van der Waals surface area contributed by atoms with Crippen LogP contribution in [0.1, 0.15) is 10.4 Å². The third-order valence-corrected chi connectivity index (χ3v) is 4.10. The number of thioether (sulfide) groups is 1. The average Bonchev–Trinajstić information content (AvgIpc) is 2.87. The maximum absolute atomic E-state index is 13.4. The number of rotatable bonds is 5. The zero-order valence-corrected chi connectivity index (χ0v) is 11.8. The summed E-state index contributed by atoms with van der Waals surface area (Å²) in [4.78, 5) is 22.2. The van der Waals surface area contributed by atoms with Crippen LogP contribution < -0.4 is 5.32 Å². The van der Waals surface area contributed by atoms with Crippen LogP contribution in [0.3, 0.4) is 0 Å². The van der Waals surface area contributed by atoms with E-state index in [0.29, 0.717) is 4.34 Å². The zero-order valence-electron chi connectivity index (χ0n) is 10.2. The standard InChI is InChI=1S/C11H7F2N3O3S2/c12-6-3-1-2-5(8(6)13)9(19)14-10-15-16-11(21-10)20-4-7(17)18/h1-3H,4H2,(H,17,18)(H,14,15,19). The highest BCUT2D eigenvalue weighted by Crippen LogP contribution is 2.25. The molecule has 1 aromatic heterocycles. The summed E-state index contributed by atoms with van der Waals surface area (Å²) in [5.74, 6) is -4.45. The highest BCUT2D eigenvalue weighted by molar-refractivity contribution is 8.01. The molecule has 110 valence electrons. The lowest BCUT2D eigenvalue weighted by Crippen LogP contribution is -2.14. The molecule has 1 amide bonds. The number of carboxylic acid groups (broad SMARTS) is 1. The van der Waals surface area contributed by atoms with Crippen molar-refractivity contribution in [2.75, 3.05) is 11.1 Å². The average molecular weight is 331 g/mol. The molecule has 2 rings (SSSR count). The molecule has 0 saturated carbocycles. The van der Waals surface area contributed by atoms with Crippen LogP contribution in [0.25, 0.3) is 0 Å². The molecule has 0 aliphatic rings. The van der Waals surface area contributed by atoms with Gasteiger partial charge in [-0.05, 0) is 12.1 Å². The van der Waals surface area contributed by atoms with Crippen LogP contribution in [0.2, 0.25) is 0 Å². The number of amides is 1. The molecule has 2 aromatic rings. The topological polar surface area (TPSA) is 92.2 Å². The van der Waals surface area contributed by atoms with Crippen molar-refractivity contribution in [3.63, 3.8) is 0 Å². The van der Waals surface area contributed by atoms with E-state index < -0.39 is 29.1 Å². The number of benzene rings is 1. The molecule has 1 heterocycles. The predicted octanol–water partition coefficient (Wildman–Crippen LogP) is 2.25. The number of nitrogens with one attached hydrogen (secondary N) is 1. The second kappa shape index (κ2) is 6.59. The molecule has 0 bridgehead atoms. The van der Waals surface area contributed by atoms with Crippen molar-refractivity contribution >= 4 is 40.1 Å². The van der Waals surface area contributed by atoms with Crippen LogP contribution in [-0.2, 0) is 4.79 Å².